The van der Waals surface area contributed by atoms with Gasteiger partial charge in [0.25, 0.3) is 0 Å². The van der Waals surface area contributed by atoms with Crippen LogP contribution in [0.5, 0.6) is 0 Å². The summed E-state index contributed by atoms with van der Waals surface area (Å²) in [6, 6.07) is 0.709. The summed E-state index contributed by atoms with van der Waals surface area (Å²) >= 11 is 0. The fourth-order valence-corrected chi connectivity index (χ4v) is 2.47. The molecule has 2 heterocycles. The van der Waals surface area contributed by atoms with Crippen LogP contribution in [0.25, 0.3) is 0 Å². The Balaban J connectivity index is 1.75. The number of rotatable bonds is 3. The summed E-state index contributed by atoms with van der Waals surface area (Å²) in [5.74, 6) is 0. The SMILES string of the molecule is CC1CCCN1CCC1(O)CCOC1. The molecular formula is C11H21NO2. The van der Waals surface area contributed by atoms with E-state index in [1.165, 1.54) is 19.4 Å². The van der Waals surface area contributed by atoms with Crippen LogP contribution in [0.3, 0.4) is 0 Å². The molecular weight excluding hydrogens is 178 g/mol. The molecule has 0 bridgehead atoms. The van der Waals surface area contributed by atoms with E-state index in [0.29, 0.717) is 12.6 Å². The van der Waals surface area contributed by atoms with E-state index in [4.69, 9.17) is 4.74 Å². The topological polar surface area (TPSA) is 32.7 Å². The van der Waals surface area contributed by atoms with Gasteiger partial charge in [-0.15, -0.1) is 0 Å². The maximum Gasteiger partial charge on any atom is 0.0914 e. The Morgan fingerprint density at radius 2 is 2.43 bits per heavy atom. The molecule has 82 valence electrons. The molecule has 2 aliphatic rings. The highest BCUT2D eigenvalue weighted by molar-refractivity contribution is 4.85. The lowest BCUT2D eigenvalue weighted by molar-refractivity contribution is 0.0105. The monoisotopic (exact) mass is 199 g/mol. The third-order valence-corrected chi connectivity index (χ3v) is 3.64. The molecule has 0 aromatic heterocycles. The molecule has 2 unspecified atom stereocenters. The van der Waals surface area contributed by atoms with Gasteiger partial charge in [-0.2, -0.15) is 0 Å². The van der Waals surface area contributed by atoms with E-state index in [9.17, 15) is 5.11 Å². The number of hydrogen-bond acceptors (Lipinski definition) is 3. The lowest BCUT2D eigenvalue weighted by atomic mass is 9.99. The summed E-state index contributed by atoms with van der Waals surface area (Å²) < 4.78 is 5.23. The van der Waals surface area contributed by atoms with Crippen LogP contribution in [0, 0.1) is 0 Å². The van der Waals surface area contributed by atoms with E-state index in [0.717, 1.165) is 26.0 Å². The first-order chi connectivity index (χ1) is 6.70. The van der Waals surface area contributed by atoms with E-state index < -0.39 is 5.60 Å². The van der Waals surface area contributed by atoms with Crippen LogP contribution >= 0.6 is 0 Å². The lowest BCUT2D eigenvalue weighted by Crippen LogP contribution is -2.36. The van der Waals surface area contributed by atoms with Gasteiger partial charge in [0.2, 0.25) is 0 Å². The van der Waals surface area contributed by atoms with Crippen LogP contribution in [-0.2, 0) is 4.74 Å². The molecule has 2 rings (SSSR count). The smallest absolute Gasteiger partial charge is 0.0914 e. The third-order valence-electron chi connectivity index (χ3n) is 3.64. The Bertz CT molecular complexity index is 190. The predicted molar refractivity (Wildman–Crippen MR) is 55.3 cm³/mol. The highest BCUT2D eigenvalue weighted by Crippen LogP contribution is 2.24. The zero-order chi connectivity index (χ0) is 10.0. The summed E-state index contributed by atoms with van der Waals surface area (Å²) in [5.41, 5.74) is -0.525. The zero-order valence-corrected chi connectivity index (χ0v) is 9.04. The maximum absolute atomic E-state index is 10.1. The van der Waals surface area contributed by atoms with Gasteiger partial charge in [-0.05, 0) is 32.7 Å². The van der Waals surface area contributed by atoms with E-state index >= 15 is 0 Å². The first-order valence-corrected chi connectivity index (χ1v) is 5.74. The van der Waals surface area contributed by atoms with Crippen molar-refractivity contribution < 1.29 is 9.84 Å². The molecule has 0 spiro atoms. The summed E-state index contributed by atoms with van der Waals surface area (Å²) in [6.07, 6.45) is 4.32. The molecule has 0 saturated carbocycles. The molecule has 0 aromatic carbocycles. The number of hydrogen-bond donors (Lipinski definition) is 1. The summed E-state index contributed by atoms with van der Waals surface area (Å²) in [6.45, 7) is 5.78. The van der Waals surface area contributed by atoms with Crippen molar-refractivity contribution in [1.29, 1.82) is 0 Å². The Morgan fingerprint density at radius 1 is 1.57 bits per heavy atom. The molecule has 3 nitrogen and oxygen atoms in total. The third kappa shape index (κ3) is 2.27. The molecule has 0 radical (unpaired) electrons. The summed E-state index contributed by atoms with van der Waals surface area (Å²) in [4.78, 5) is 2.48. The molecule has 2 atom stereocenters. The Labute approximate surface area is 86.0 Å². The van der Waals surface area contributed by atoms with Crippen molar-refractivity contribution in [3.63, 3.8) is 0 Å². The van der Waals surface area contributed by atoms with Crippen molar-refractivity contribution >= 4 is 0 Å². The van der Waals surface area contributed by atoms with Gasteiger partial charge < -0.3 is 14.7 Å². The van der Waals surface area contributed by atoms with Gasteiger partial charge in [0.05, 0.1) is 12.2 Å². The van der Waals surface area contributed by atoms with Crippen molar-refractivity contribution in [2.75, 3.05) is 26.3 Å². The average Bonchev–Trinajstić information content (AvgIpc) is 2.73. The Morgan fingerprint density at radius 3 is 3.00 bits per heavy atom. The molecule has 0 aliphatic carbocycles. The normalized spacial score (nSPS) is 39.4. The van der Waals surface area contributed by atoms with Crippen LogP contribution in [0.1, 0.15) is 32.6 Å². The van der Waals surface area contributed by atoms with E-state index in [2.05, 4.69) is 11.8 Å². The molecule has 1 N–H and O–H groups in total. The molecule has 2 aliphatic heterocycles. The second-order valence-corrected chi connectivity index (χ2v) is 4.80. The minimum Gasteiger partial charge on any atom is -0.387 e. The van der Waals surface area contributed by atoms with Crippen LogP contribution in [-0.4, -0.2) is 48.0 Å². The van der Waals surface area contributed by atoms with Crippen LogP contribution in [0.4, 0.5) is 0 Å². The Kier molecular flexibility index (Phi) is 3.10. The first-order valence-electron chi connectivity index (χ1n) is 5.74. The van der Waals surface area contributed by atoms with Crippen molar-refractivity contribution in [2.45, 2.75) is 44.2 Å². The number of nitrogens with zero attached hydrogens (tertiary/aromatic N) is 1. The van der Waals surface area contributed by atoms with Gasteiger partial charge in [-0.25, -0.2) is 0 Å². The van der Waals surface area contributed by atoms with E-state index in [1.54, 1.807) is 0 Å². The molecule has 14 heavy (non-hydrogen) atoms. The van der Waals surface area contributed by atoms with Crippen molar-refractivity contribution in [3.05, 3.63) is 0 Å². The van der Waals surface area contributed by atoms with Crippen LogP contribution in [0.2, 0.25) is 0 Å². The highest BCUT2D eigenvalue weighted by Gasteiger charge is 2.33. The van der Waals surface area contributed by atoms with Crippen molar-refractivity contribution in [2.24, 2.45) is 0 Å². The van der Waals surface area contributed by atoms with Gasteiger partial charge in [0.1, 0.15) is 0 Å². The van der Waals surface area contributed by atoms with Gasteiger partial charge in [-0.1, -0.05) is 0 Å². The lowest BCUT2D eigenvalue weighted by Gasteiger charge is -2.26. The highest BCUT2D eigenvalue weighted by atomic mass is 16.5. The van der Waals surface area contributed by atoms with E-state index in [1.807, 2.05) is 0 Å². The summed E-state index contributed by atoms with van der Waals surface area (Å²) in [7, 11) is 0. The largest absolute Gasteiger partial charge is 0.387 e. The molecule has 0 aromatic rings. The van der Waals surface area contributed by atoms with Crippen molar-refractivity contribution in [3.8, 4) is 0 Å². The number of likely N-dealkylation sites (tertiary alicyclic amines) is 1. The summed E-state index contributed by atoms with van der Waals surface area (Å²) in [5, 5.41) is 10.1. The number of aliphatic hydroxyl groups is 1. The molecule has 2 saturated heterocycles. The fraction of sp³-hybridized carbons (Fsp3) is 1.00. The van der Waals surface area contributed by atoms with Gasteiger partial charge in [0.15, 0.2) is 0 Å². The second kappa shape index (κ2) is 4.17. The Hall–Kier alpha value is -0.120. The van der Waals surface area contributed by atoms with Gasteiger partial charge in [0, 0.05) is 25.6 Å². The molecule has 2 fully saturated rings. The van der Waals surface area contributed by atoms with Crippen LogP contribution in [0.15, 0.2) is 0 Å². The second-order valence-electron chi connectivity index (χ2n) is 4.80. The van der Waals surface area contributed by atoms with Gasteiger partial charge in [-0.3, -0.25) is 0 Å². The van der Waals surface area contributed by atoms with E-state index in [-0.39, 0.29) is 0 Å². The number of ether oxygens (including phenoxy) is 1. The quantitative estimate of drug-likeness (QED) is 0.736. The predicted octanol–water partition coefficient (Wildman–Crippen LogP) is 1.01. The fourth-order valence-electron chi connectivity index (χ4n) is 2.47. The standard InChI is InChI=1S/C11H21NO2/c1-10-3-2-6-12(10)7-4-11(13)5-8-14-9-11/h10,13H,2-9H2,1H3. The average molecular weight is 199 g/mol. The van der Waals surface area contributed by atoms with Crippen LogP contribution < -0.4 is 0 Å². The maximum atomic E-state index is 10.1. The molecule has 3 heteroatoms. The minimum atomic E-state index is -0.525. The minimum absolute atomic E-state index is 0.525. The van der Waals surface area contributed by atoms with Gasteiger partial charge >= 0.3 is 0 Å². The zero-order valence-electron chi connectivity index (χ0n) is 9.04. The molecule has 0 amide bonds. The van der Waals surface area contributed by atoms with Crippen molar-refractivity contribution in [1.82, 2.24) is 4.90 Å². The first kappa shape index (κ1) is 10.4.